The van der Waals surface area contributed by atoms with Crippen molar-refractivity contribution in [2.75, 3.05) is 20.2 Å². The van der Waals surface area contributed by atoms with Gasteiger partial charge in [0.05, 0.1) is 7.11 Å². The number of nitrogens with one attached hydrogen (secondary N) is 1. The van der Waals surface area contributed by atoms with Gasteiger partial charge in [-0.2, -0.15) is 0 Å². The molecule has 21 heavy (non-hydrogen) atoms. The number of rotatable bonds is 6. The molecule has 4 heteroatoms. The molecule has 2 heterocycles. The minimum absolute atomic E-state index is 0.590. The van der Waals surface area contributed by atoms with E-state index in [2.05, 4.69) is 42.0 Å². The molecule has 3 unspecified atom stereocenters. The second-order valence-electron chi connectivity index (χ2n) is 6.13. The van der Waals surface area contributed by atoms with Gasteiger partial charge in [-0.25, -0.2) is 4.98 Å². The minimum atomic E-state index is 0.590. The molecule has 0 amide bonds. The van der Waals surface area contributed by atoms with Gasteiger partial charge in [-0.1, -0.05) is 13.8 Å². The van der Waals surface area contributed by atoms with Crippen LogP contribution >= 0.6 is 0 Å². The predicted molar refractivity (Wildman–Crippen MR) is 86.5 cm³/mol. The second-order valence-corrected chi connectivity index (χ2v) is 6.13. The van der Waals surface area contributed by atoms with E-state index in [1.807, 2.05) is 12.3 Å². The zero-order valence-corrected chi connectivity index (χ0v) is 13.8. The molecule has 1 saturated heterocycles. The lowest BCUT2D eigenvalue weighted by atomic mass is 9.86. The molecule has 4 nitrogen and oxygen atoms in total. The molecule has 0 aromatic carbocycles. The Bertz CT molecular complexity index is 438. The first-order chi connectivity index (χ1) is 10.2. The van der Waals surface area contributed by atoms with E-state index in [-0.39, 0.29) is 0 Å². The van der Waals surface area contributed by atoms with Crippen LogP contribution in [0.4, 0.5) is 0 Å². The van der Waals surface area contributed by atoms with Gasteiger partial charge < -0.3 is 10.1 Å². The standard InChI is InChI=1S/C17H29N3O/c1-5-8-18-16-7-10-20(14(3)13(16)2)12-15-6-9-19-17(11-15)21-4/h6,9,11,13-14,16,18H,5,7-8,10,12H2,1-4H3. The highest BCUT2D eigenvalue weighted by atomic mass is 16.5. The Morgan fingerprint density at radius 1 is 1.43 bits per heavy atom. The fourth-order valence-corrected chi connectivity index (χ4v) is 3.18. The summed E-state index contributed by atoms with van der Waals surface area (Å²) < 4.78 is 5.21. The topological polar surface area (TPSA) is 37.4 Å². The van der Waals surface area contributed by atoms with Crippen LogP contribution < -0.4 is 10.1 Å². The van der Waals surface area contributed by atoms with Gasteiger partial charge in [0.25, 0.3) is 0 Å². The fourth-order valence-electron chi connectivity index (χ4n) is 3.18. The molecule has 1 aromatic heterocycles. The van der Waals surface area contributed by atoms with Crippen molar-refractivity contribution in [1.82, 2.24) is 15.2 Å². The molecule has 1 N–H and O–H groups in total. The average Bonchev–Trinajstić information content (AvgIpc) is 2.51. The number of ether oxygens (including phenoxy) is 1. The van der Waals surface area contributed by atoms with E-state index in [1.165, 1.54) is 18.4 Å². The lowest BCUT2D eigenvalue weighted by molar-refractivity contribution is 0.0784. The molecule has 118 valence electrons. The van der Waals surface area contributed by atoms with E-state index in [4.69, 9.17) is 4.74 Å². The lowest BCUT2D eigenvalue weighted by Crippen LogP contribution is -2.53. The number of piperidine rings is 1. The van der Waals surface area contributed by atoms with Gasteiger partial charge in [0, 0.05) is 37.4 Å². The first-order valence-corrected chi connectivity index (χ1v) is 8.12. The molecule has 1 aliphatic rings. The average molecular weight is 291 g/mol. The summed E-state index contributed by atoms with van der Waals surface area (Å²) in [6, 6.07) is 5.37. The first kappa shape index (κ1) is 16.2. The molecule has 0 radical (unpaired) electrons. The van der Waals surface area contributed by atoms with Gasteiger partial charge in [0.1, 0.15) is 0 Å². The van der Waals surface area contributed by atoms with E-state index in [0.717, 1.165) is 19.6 Å². The number of pyridine rings is 1. The van der Waals surface area contributed by atoms with Crippen LogP contribution in [0.2, 0.25) is 0 Å². The van der Waals surface area contributed by atoms with Crippen LogP contribution in [0.3, 0.4) is 0 Å². The molecule has 0 aliphatic carbocycles. The van der Waals surface area contributed by atoms with Crippen LogP contribution in [0, 0.1) is 5.92 Å². The van der Waals surface area contributed by atoms with Crippen molar-refractivity contribution in [2.24, 2.45) is 5.92 Å². The number of nitrogens with zero attached hydrogens (tertiary/aromatic N) is 2. The molecular formula is C17H29N3O. The van der Waals surface area contributed by atoms with Crippen molar-refractivity contribution in [3.8, 4) is 5.88 Å². The Morgan fingerprint density at radius 2 is 2.24 bits per heavy atom. The zero-order chi connectivity index (χ0) is 15.2. The summed E-state index contributed by atoms with van der Waals surface area (Å²) in [6.45, 7) is 10.2. The van der Waals surface area contributed by atoms with Gasteiger partial charge in [0.15, 0.2) is 0 Å². The Labute approximate surface area is 128 Å². The Hall–Kier alpha value is -1.13. The van der Waals surface area contributed by atoms with E-state index in [0.29, 0.717) is 23.9 Å². The summed E-state index contributed by atoms with van der Waals surface area (Å²) in [4.78, 5) is 6.75. The molecular weight excluding hydrogens is 262 g/mol. The van der Waals surface area contributed by atoms with E-state index >= 15 is 0 Å². The van der Waals surface area contributed by atoms with E-state index in [9.17, 15) is 0 Å². The maximum atomic E-state index is 5.21. The van der Waals surface area contributed by atoms with Crippen LogP contribution in [-0.4, -0.2) is 42.2 Å². The fraction of sp³-hybridized carbons (Fsp3) is 0.706. The molecule has 2 rings (SSSR count). The third-order valence-electron chi connectivity index (χ3n) is 4.75. The summed E-state index contributed by atoms with van der Waals surface area (Å²) in [7, 11) is 1.67. The summed E-state index contributed by atoms with van der Waals surface area (Å²) in [5.74, 6) is 1.38. The third kappa shape index (κ3) is 4.17. The zero-order valence-electron chi connectivity index (χ0n) is 13.8. The normalized spacial score (nSPS) is 26.8. The molecule has 0 spiro atoms. The molecule has 0 saturated carbocycles. The number of hydrogen-bond acceptors (Lipinski definition) is 4. The van der Waals surface area contributed by atoms with Crippen LogP contribution in [0.15, 0.2) is 18.3 Å². The van der Waals surface area contributed by atoms with Gasteiger partial charge in [0.2, 0.25) is 5.88 Å². The number of aromatic nitrogens is 1. The quantitative estimate of drug-likeness (QED) is 0.874. The molecule has 3 atom stereocenters. The second kappa shape index (κ2) is 7.76. The molecule has 1 aromatic rings. The maximum Gasteiger partial charge on any atom is 0.213 e. The summed E-state index contributed by atoms with van der Waals surface area (Å²) in [5, 5.41) is 3.70. The van der Waals surface area contributed by atoms with Gasteiger partial charge in [-0.15, -0.1) is 0 Å². The number of hydrogen-bond donors (Lipinski definition) is 1. The van der Waals surface area contributed by atoms with Crippen molar-refractivity contribution in [1.29, 1.82) is 0 Å². The van der Waals surface area contributed by atoms with Crippen molar-refractivity contribution in [2.45, 2.75) is 52.2 Å². The summed E-state index contributed by atoms with van der Waals surface area (Å²) in [5.41, 5.74) is 1.28. The summed E-state index contributed by atoms with van der Waals surface area (Å²) >= 11 is 0. The van der Waals surface area contributed by atoms with Crippen LogP contribution in [0.25, 0.3) is 0 Å². The van der Waals surface area contributed by atoms with Crippen molar-refractivity contribution in [3.05, 3.63) is 23.9 Å². The number of likely N-dealkylation sites (tertiary alicyclic amines) is 1. The van der Waals surface area contributed by atoms with Gasteiger partial charge in [-0.05, 0) is 43.9 Å². The highest BCUT2D eigenvalue weighted by Crippen LogP contribution is 2.25. The Kier molecular flexibility index (Phi) is 6.00. The highest BCUT2D eigenvalue weighted by molar-refractivity contribution is 5.20. The summed E-state index contributed by atoms with van der Waals surface area (Å²) in [6.07, 6.45) is 4.27. The van der Waals surface area contributed by atoms with Gasteiger partial charge >= 0.3 is 0 Å². The Morgan fingerprint density at radius 3 is 2.95 bits per heavy atom. The largest absolute Gasteiger partial charge is 0.481 e. The monoisotopic (exact) mass is 291 g/mol. The Balaban J connectivity index is 1.95. The minimum Gasteiger partial charge on any atom is -0.481 e. The highest BCUT2D eigenvalue weighted by Gasteiger charge is 2.31. The van der Waals surface area contributed by atoms with Crippen molar-refractivity contribution in [3.63, 3.8) is 0 Å². The van der Waals surface area contributed by atoms with Gasteiger partial charge in [-0.3, -0.25) is 4.90 Å². The SMILES string of the molecule is CCCNC1CCN(Cc2ccnc(OC)c2)C(C)C1C. The van der Waals surface area contributed by atoms with Crippen LogP contribution in [0.1, 0.15) is 39.2 Å². The van der Waals surface area contributed by atoms with Crippen molar-refractivity contribution < 1.29 is 4.74 Å². The molecule has 1 aliphatic heterocycles. The smallest absolute Gasteiger partial charge is 0.213 e. The molecule has 0 bridgehead atoms. The van der Waals surface area contributed by atoms with E-state index < -0.39 is 0 Å². The number of methoxy groups -OCH3 is 1. The van der Waals surface area contributed by atoms with Crippen LogP contribution in [-0.2, 0) is 6.54 Å². The van der Waals surface area contributed by atoms with Crippen LogP contribution in [0.5, 0.6) is 5.88 Å². The maximum absolute atomic E-state index is 5.21. The first-order valence-electron chi connectivity index (χ1n) is 8.12. The lowest BCUT2D eigenvalue weighted by Gasteiger charge is -2.43. The third-order valence-corrected chi connectivity index (χ3v) is 4.75. The predicted octanol–water partition coefficient (Wildman–Crippen LogP) is 2.69. The van der Waals surface area contributed by atoms with Crippen molar-refractivity contribution >= 4 is 0 Å². The molecule has 1 fully saturated rings. The van der Waals surface area contributed by atoms with E-state index in [1.54, 1.807) is 7.11 Å².